The smallest absolute Gasteiger partial charge is 0.166 e. The molecule has 1 aliphatic heterocycles. The fraction of sp³-hybridized carbons (Fsp3) is 0.409. The zero-order chi connectivity index (χ0) is 18.9. The largest absolute Gasteiger partial charge is 0.379 e. The standard InChI is InChI=1S/C22H29N3OS/c1-18-7-9-20(10-8-18)21(17-25-13-15-26-16-14-25)24-22(27)23-12-11-19-5-3-2-4-6-19/h2-10,21H,11-17H2,1H3,(H2,23,24,27)/t21-/m0/s1. The van der Waals surface area contributed by atoms with Crippen molar-refractivity contribution in [1.82, 2.24) is 15.5 Å². The molecule has 0 saturated carbocycles. The number of hydrogen-bond donors (Lipinski definition) is 2. The zero-order valence-electron chi connectivity index (χ0n) is 16.0. The number of rotatable bonds is 7. The van der Waals surface area contributed by atoms with E-state index >= 15 is 0 Å². The van der Waals surface area contributed by atoms with E-state index in [9.17, 15) is 0 Å². The van der Waals surface area contributed by atoms with Crippen LogP contribution in [0, 0.1) is 6.92 Å². The van der Waals surface area contributed by atoms with Crippen LogP contribution in [0.25, 0.3) is 0 Å². The number of benzene rings is 2. The third-order valence-corrected chi connectivity index (χ3v) is 5.13. The SMILES string of the molecule is Cc1ccc([C@H](CN2CCOCC2)NC(=S)NCCc2ccccc2)cc1. The molecule has 1 atom stereocenters. The van der Waals surface area contributed by atoms with Gasteiger partial charge in [-0.25, -0.2) is 0 Å². The Labute approximate surface area is 167 Å². The van der Waals surface area contributed by atoms with Crippen LogP contribution in [0.15, 0.2) is 54.6 Å². The van der Waals surface area contributed by atoms with Crippen molar-refractivity contribution in [2.75, 3.05) is 39.4 Å². The third kappa shape index (κ3) is 6.61. The van der Waals surface area contributed by atoms with Crippen molar-refractivity contribution in [3.63, 3.8) is 0 Å². The molecule has 0 radical (unpaired) electrons. The lowest BCUT2D eigenvalue weighted by Crippen LogP contribution is -2.45. The first-order chi connectivity index (χ1) is 13.2. The predicted molar refractivity (Wildman–Crippen MR) is 115 cm³/mol. The molecule has 0 bridgehead atoms. The highest BCUT2D eigenvalue weighted by Gasteiger charge is 2.19. The van der Waals surface area contributed by atoms with Gasteiger partial charge in [-0.2, -0.15) is 0 Å². The van der Waals surface area contributed by atoms with Crippen molar-refractivity contribution in [3.05, 3.63) is 71.3 Å². The Bertz CT molecular complexity index is 699. The summed E-state index contributed by atoms with van der Waals surface area (Å²) >= 11 is 5.57. The minimum absolute atomic E-state index is 0.167. The van der Waals surface area contributed by atoms with Gasteiger partial charge in [0.25, 0.3) is 0 Å². The molecule has 2 N–H and O–H groups in total. The highest BCUT2D eigenvalue weighted by atomic mass is 32.1. The summed E-state index contributed by atoms with van der Waals surface area (Å²) in [6.45, 7) is 7.42. The van der Waals surface area contributed by atoms with Gasteiger partial charge in [0.05, 0.1) is 19.3 Å². The zero-order valence-corrected chi connectivity index (χ0v) is 16.8. The molecular formula is C22H29N3OS. The second-order valence-corrected chi connectivity index (χ2v) is 7.42. The number of ether oxygens (including phenoxy) is 1. The van der Waals surface area contributed by atoms with Crippen molar-refractivity contribution < 1.29 is 4.74 Å². The topological polar surface area (TPSA) is 36.5 Å². The van der Waals surface area contributed by atoms with Crippen molar-refractivity contribution in [2.45, 2.75) is 19.4 Å². The van der Waals surface area contributed by atoms with E-state index in [1.165, 1.54) is 16.7 Å². The molecule has 0 aliphatic carbocycles. The van der Waals surface area contributed by atoms with E-state index in [4.69, 9.17) is 17.0 Å². The van der Waals surface area contributed by atoms with E-state index in [0.29, 0.717) is 5.11 Å². The predicted octanol–water partition coefficient (Wildman–Crippen LogP) is 3.08. The van der Waals surface area contributed by atoms with E-state index in [1.807, 2.05) is 6.07 Å². The second-order valence-electron chi connectivity index (χ2n) is 7.01. The highest BCUT2D eigenvalue weighted by Crippen LogP contribution is 2.16. The van der Waals surface area contributed by atoms with Gasteiger partial charge in [0.2, 0.25) is 0 Å². The van der Waals surface area contributed by atoms with E-state index in [1.54, 1.807) is 0 Å². The fourth-order valence-electron chi connectivity index (χ4n) is 3.25. The van der Waals surface area contributed by atoms with Gasteiger partial charge in [-0.1, -0.05) is 60.2 Å². The molecule has 0 unspecified atom stereocenters. The lowest BCUT2D eigenvalue weighted by atomic mass is 10.0. The Morgan fingerprint density at radius 3 is 2.48 bits per heavy atom. The molecule has 3 rings (SSSR count). The maximum Gasteiger partial charge on any atom is 0.166 e. The van der Waals surface area contributed by atoms with Crippen molar-refractivity contribution >= 4 is 17.3 Å². The number of thiocarbonyl (C=S) groups is 1. The van der Waals surface area contributed by atoms with Crippen LogP contribution in [0.2, 0.25) is 0 Å². The molecule has 4 nitrogen and oxygen atoms in total. The monoisotopic (exact) mass is 383 g/mol. The average Bonchev–Trinajstić information content (AvgIpc) is 2.70. The van der Waals surface area contributed by atoms with Crippen LogP contribution in [-0.2, 0) is 11.2 Å². The molecule has 0 aromatic heterocycles. The molecule has 144 valence electrons. The van der Waals surface area contributed by atoms with Gasteiger partial charge in [0.1, 0.15) is 0 Å². The molecule has 2 aromatic rings. The molecular weight excluding hydrogens is 354 g/mol. The maximum atomic E-state index is 5.57. The molecule has 2 aromatic carbocycles. The minimum Gasteiger partial charge on any atom is -0.379 e. The summed E-state index contributed by atoms with van der Waals surface area (Å²) in [4.78, 5) is 2.44. The van der Waals surface area contributed by atoms with Crippen LogP contribution in [0.3, 0.4) is 0 Å². The van der Waals surface area contributed by atoms with Crippen molar-refractivity contribution in [1.29, 1.82) is 0 Å². The van der Waals surface area contributed by atoms with E-state index in [0.717, 1.165) is 45.8 Å². The summed E-state index contributed by atoms with van der Waals surface area (Å²) in [5.41, 5.74) is 3.85. The molecule has 1 saturated heterocycles. The van der Waals surface area contributed by atoms with Gasteiger partial charge >= 0.3 is 0 Å². The van der Waals surface area contributed by atoms with Crippen LogP contribution < -0.4 is 10.6 Å². The lowest BCUT2D eigenvalue weighted by Gasteiger charge is -2.31. The summed E-state index contributed by atoms with van der Waals surface area (Å²) in [5.74, 6) is 0. The van der Waals surface area contributed by atoms with E-state index < -0.39 is 0 Å². The van der Waals surface area contributed by atoms with Crippen molar-refractivity contribution in [2.24, 2.45) is 0 Å². The van der Waals surface area contributed by atoms with Gasteiger partial charge in [-0.05, 0) is 36.7 Å². The maximum absolute atomic E-state index is 5.57. The van der Waals surface area contributed by atoms with Gasteiger partial charge < -0.3 is 15.4 Å². The summed E-state index contributed by atoms with van der Waals surface area (Å²) in [5, 5.41) is 7.59. The van der Waals surface area contributed by atoms with E-state index in [-0.39, 0.29) is 6.04 Å². The van der Waals surface area contributed by atoms with Crippen LogP contribution in [0.5, 0.6) is 0 Å². The Hall–Kier alpha value is -1.95. The van der Waals surface area contributed by atoms with Crippen LogP contribution >= 0.6 is 12.2 Å². The van der Waals surface area contributed by atoms with Gasteiger partial charge in [-0.3, -0.25) is 4.90 Å². The first-order valence-corrected chi connectivity index (χ1v) is 10.1. The van der Waals surface area contributed by atoms with Gasteiger partial charge in [0.15, 0.2) is 5.11 Å². The van der Waals surface area contributed by atoms with Crippen LogP contribution in [-0.4, -0.2) is 49.4 Å². The lowest BCUT2D eigenvalue weighted by molar-refractivity contribution is 0.0343. The number of hydrogen-bond acceptors (Lipinski definition) is 3. The normalized spacial score (nSPS) is 15.9. The Balaban J connectivity index is 1.56. The molecule has 5 heteroatoms. The molecule has 1 aliphatic rings. The Morgan fingerprint density at radius 2 is 1.78 bits per heavy atom. The highest BCUT2D eigenvalue weighted by molar-refractivity contribution is 7.80. The Morgan fingerprint density at radius 1 is 1.07 bits per heavy atom. The minimum atomic E-state index is 0.167. The third-order valence-electron chi connectivity index (χ3n) is 4.87. The second kappa shape index (κ2) is 10.4. The quantitative estimate of drug-likeness (QED) is 0.719. The number of morpholine rings is 1. The fourth-order valence-corrected chi connectivity index (χ4v) is 3.49. The molecule has 1 fully saturated rings. The summed E-state index contributed by atoms with van der Waals surface area (Å²) in [6.07, 6.45) is 0.960. The van der Waals surface area contributed by atoms with Crippen LogP contribution in [0.1, 0.15) is 22.7 Å². The van der Waals surface area contributed by atoms with Crippen LogP contribution in [0.4, 0.5) is 0 Å². The first-order valence-electron chi connectivity index (χ1n) is 9.65. The molecule has 1 heterocycles. The number of nitrogens with one attached hydrogen (secondary N) is 2. The Kier molecular flexibility index (Phi) is 7.63. The van der Waals surface area contributed by atoms with Crippen molar-refractivity contribution in [3.8, 4) is 0 Å². The molecule has 0 amide bonds. The summed E-state index contributed by atoms with van der Waals surface area (Å²) in [6, 6.07) is 19.4. The summed E-state index contributed by atoms with van der Waals surface area (Å²) < 4.78 is 5.48. The van der Waals surface area contributed by atoms with Gasteiger partial charge in [-0.15, -0.1) is 0 Å². The number of nitrogens with zero attached hydrogens (tertiary/aromatic N) is 1. The average molecular weight is 384 g/mol. The van der Waals surface area contributed by atoms with Gasteiger partial charge in [0, 0.05) is 26.2 Å². The summed E-state index contributed by atoms with van der Waals surface area (Å²) in [7, 11) is 0. The molecule has 27 heavy (non-hydrogen) atoms. The first kappa shape index (κ1) is 19.8. The van der Waals surface area contributed by atoms with E-state index in [2.05, 4.69) is 71.0 Å². The molecule has 0 spiro atoms. The number of aryl methyl sites for hydroxylation is 1.